The third-order valence-corrected chi connectivity index (χ3v) is 3.08. The van der Waals surface area contributed by atoms with Crippen molar-refractivity contribution in [1.82, 2.24) is 14.8 Å². The van der Waals surface area contributed by atoms with E-state index in [0.29, 0.717) is 10.9 Å². The summed E-state index contributed by atoms with van der Waals surface area (Å²) >= 11 is 1.30. The average molecular weight is 269 g/mol. The zero-order valence-corrected chi connectivity index (χ0v) is 10.9. The molecule has 19 heavy (non-hydrogen) atoms. The molecule has 0 aliphatic heterocycles. The Balaban J connectivity index is 2.10. The summed E-state index contributed by atoms with van der Waals surface area (Å²) in [6.45, 7) is 0. The first-order valence-corrected chi connectivity index (χ1v) is 6.53. The molecule has 0 radical (unpaired) electrons. The maximum atomic E-state index is 12.0. The van der Waals surface area contributed by atoms with Crippen LogP contribution in [0.1, 0.15) is 10.4 Å². The minimum Gasteiger partial charge on any atom is -0.267 e. The van der Waals surface area contributed by atoms with E-state index in [1.165, 1.54) is 28.8 Å². The molecule has 0 unspecified atom stereocenters. The van der Waals surface area contributed by atoms with Crippen LogP contribution in [0.2, 0.25) is 0 Å². The summed E-state index contributed by atoms with van der Waals surface area (Å²) in [5, 5.41) is 4.40. The summed E-state index contributed by atoms with van der Waals surface area (Å²) in [7, 11) is 0. The molecule has 1 aromatic heterocycles. The van der Waals surface area contributed by atoms with Gasteiger partial charge in [-0.05, 0) is 11.6 Å². The van der Waals surface area contributed by atoms with Crippen LogP contribution in [-0.4, -0.2) is 26.4 Å². The predicted molar refractivity (Wildman–Crippen MR) is 75.7 cm³/mol. The molecule has 0 saturated carbocycles. The van der Waals surface area contributed by atoms with Crippen molar-refractivity contribution >= 4 is 23.7 Å². The fraction of sp³-hybridized carbons (Fsp3) is 0.0714. The van der Waals surface area contributed by atoms with E-state index in [0.717, 1.165) is 5.56 Å². The van der Waals surface area contributed by atoms with Crippen LogP contribution in [0.3, 0.4) is 0 Å². The largest absolute Gasteiger partial charge is 0.273 e. The Labute approximate surface area is 115 Å². The summed E-state index contributed by atoms with van der Waals surface area (Å²) in [6, 6.07) is 9.57. The van der Waals surface area contributed by atoms with Gasteiger partial charge in [-0.25, -0.2) is 4.98 Å². The van der Waals surface area contributed by atoms with Gasteiger partial charge in [0.25, 0.3) is 5.91 Å². The number of allylic oxidation sites excluding steroid dienone is 1. The van der Waals surface area contributed by atoms with Crippen molar-refractivity contribution in [2.75, 3.05) is 5.75 Å². The van der Waals surface area contributed by atoms with Gasteiger partial charge in [0.1, 0.15) is 6.33 Å². The van der Waals surface area contributed by atoms with Gasteiger partial charge < -0.3 is 0 Å². The number of benzene rings is 1. The summed E-state index contributed by atoms with van der Waals surface area (Å²) in [6.07, 6.45) is 9.72. The number of carbonyl (C=O) groups excluding carboxylic acids is 1. The number of hydrogen-bond donors (Lipinski definition) is 0. The molecule has 5 heteroatoms. The quantitative estimate of drug-likeness (QED) is 0.485. The van der Waals surface area contributed by atoms with Crippen molar-refractivity contribution in [2.45, 2.75) is 5.16 Å². The number of hydrogen-bond acceptors (Lipinski definition) is 4. The topological polar surface area (TPSA) is 47.8 Å². The van der Waals surface area contributed by atoms with Crippen LogP contribution in [0.4, 0.5) is 0 Å². The zero-order valence-electron chi connectivity index (χ0n) is 10.1. The minimum absolute atomic E-state index is 0.249. The molecule has 0 fully saturated rings. The first kappa shape index (κ1) is 13.1. The van der Waals surface area contributed by atoms with Crippen molar-refractivity contribution in [3.63, 3.8) is 0 Å². The molecule has 0 amide bonds. The van der Waals surface area contributed by atoms with Gasteiger partial charge >= 0.3 is 0 Å². The Morgan fingerprint density at radius 2 is 2.21 bits per heavy atom. The molecule has 94 valence electrons. The molecule has 0 aliphatic rings. The highest BCUT2D eigenvalue weighted by molar-refractivity contribution is 7.99. The van der Waals surface area contributed by atoms with Crippen LogP contribution in [-0.2, 0) is 0 Å². The van der Waals surface area contributed by atoms with E-state index in [1.54, 1.807) is 6.08 Å². The van der Waals surface area contributed by atoms with Gasteiger partial charge in [-0.15, -0.1) is 6.42 Å². The average Bonchev–Trinajstić information content (AvgIpc) is 2.92. The molecule has 1 aromatic carbocycles. The van der Waals surface area contributed by atoms with Crippen LogP contribution in [0.25, 0.3) is 6.08 Å². The minimum atomic E-state index is -0.249. The van der Waals surface area contributed by atoms with Crippen molar-refractivity contribution in [3.05, 3.63) is 48.3 Å². The monoisotopic (exact) mass is 269 g/mol. The van der Waals surface area contributed by atoms with Crippen LogP contribution in [0.15, 0.2) is 47.9 Å². The number of thioether (sulfide) groups is 1. The van der Waals surface area contributed by atoms with Gasteiger partial charge in [0, 0.05) is 6.08 Å². The smallest absolute Gasteiger partial charge is 0.267 e. The van der Waals surface area contributed by atoms with Gasteiger partial charge in [-0.1, -0.05) is 48.0 Å². The Morgan fingerprint density at radius 1 is 1.42 bits per heavy atom. The normalized spacial score (nSPS) is 10.5. The molecule has 0 atom stereocenters. The lowest BCUT2D eigenvalue weighted by Gasteiger charge is -1.99. The highest BCUT2D eigenvalue weighted by Crippen LogP contribution is 2.13. The Kier molecular flexibility index (Phi) is 4.54. The van der Waals surface area contributed by atoms with Crippen molar-refractivity contribution < 1.29 is 4.79 Å². The molecule has 4 nitrogen and oxygen atoms in total. The fourth-order valence-electron chi connectivity index (χ4n) is 1.39. The van der Waals surface area contributed by atoms with Gasteiger partial charge in [-0.3, -0.25) is 4.79 Å². The molecular formula is C14H11N3OS. The third kappa shape index (κ3) is 3.57. The Bertz CT molecular complexity index is 626. The second kappa shape index (κ2) is 6.57. The van der Waals surface area contributed by atoms with Gasteiger partial charge in [0.15, 0.2) is 5.16 Å². The number of terminal acetylenes is 1. The SMILES string of the molecule is C#CCSc1ncnn1C(=O)C=Cc1ccccc1. The third-order valence-electron chi connectivity index (χ3n) is 2.23. The molecular weight excluding hydrogens is 258 g/mol. The van der Waals surface area contributed by atoms with E-state index >= 15 is 0 Å². The van der Waals surface area contributed by atoms with Crippen LogP contribution in [0, 0.1) is 12.3 Å². The highest BCUT2D eigenvalue weighted by Gasteiger charge is 2.09. The Morgan fingerprint density at radius 3 is 2.95 bits per heavy atom. The molecule has 2 rings (SSSR count). The molecule has 2 aromatic rings. The zero-order chi connectivity index (χ0) is 13.5. The van der Waals surface area contributed by atoms with Crippen LogP contribution >= 0.6 is 11.8 Å². The van der Waals surface area contributed by atoms with Gasteiger partial charge in [-0.2, -0.15) is 9.78 Å². The second-order valence-electron chi connectivity index (χ2n) is 3.53. The van der Waals surface area contributed by atoms with E-state index in [9.17, 15) is 4.79 Å². The standard InChI is InChI=1S/C14H11N3OS/c1-2-10-19-14-15-11-16-17(14)13(18)9-8-12-6-4-3-5-7-12/h1,3-9,11H,10H2. The van der Waals surface area contributed by atoms with Gasteiger partial charge in [0.05, 0.1) is 5.75 Å². The molecule has 1 heterocycles. The fourth-order valence-corrected chi connectivity index (χ4v) is 1.98. The van der Waals surface area contributed by atoms with E-state index < -0.39 is 0 Å². The predicted octanol–water partition coefficient (Wildman–Crippen LogP) is 2.36. The van der Waals surface area contributed by atoms with Crippen molar-refractivity contribution in [1.29, 1.82) is 0 Å². The van der Waals surface area contributed by atoms with Crippen LogP contribution in [0.5, 0.6) is 0 Å². The highest BCUT2D eigenvalue weighted by atomic mass is 32.2. The van der Waals surface area contributed by atoms with Crippen molar-refractivity contribution in [3.8, 4) is 12.3 Å². The number of rotatable bonds is 4. The van der Waals surface area contributed by atoms with E-state index in [-0.39, 0.29) is 5.91 Å². The molecule has 0 saturated heterocycles. The lowest BCUT2D eigenvalue weighted by Crippen LogP contribution is -2.10. The first-order valence-electron chi connectivity index (χ1n) is 5.55. The molecule has 0 N–H and O–H groups in total. The lowest BCUT2D eigenvalue weighted by molar-refractivity contribution is 0.0943. The summed E-state index contributed by atoms with van der Waals surface area (Å²) in [4.78, 5) is 16.0. The summed E-state index contributed by atoms with van der Waals surface area (Å²) < 4.78 is 1.24. The summed E-state index contributed by atoms with van der Waals surface area (Å²) in [5.41, 5.74) is 0.953. The van der Waals surface area contributed by atoms with Crippen LogP contribution < -0.4 is 0 Å². The van der Waals surface area contributed by atoms with E-state index in [2.05, 4.69) is 16.0 Å². The number of nitrogens with zero attached hydrogens (tertiary/aromatic N) is 3. The number of aromatic nitrogens is 3. The van der Waals surface area contributed by atoms with E-state index in [4.69, 9.17) is 6.42 Å². The Hall–Kier alpha value is -2.32. The second-order valence-corrected chi connectivity index (χ2v) is 4.47. The van der Waals surface area contributed by atoms with E-state index in [1.807, 2.05) is 30.3 Å². The summed E-state index contributed by atoms with van der Waals surface area (Å²) in [5.74, 6) is 2.69. The number of carbonyl (C=O) groups is 1. The maximum absolute atomic E-state index is 12.0. The molecule has 0 aliphatic carbocycles. The lowest BCUT2D eigenvalue weighted by atomic mass is 10.2. The molecule has 0 spiro atoms. The van der Waals surface area contributed by atoms with Gasteiger partial charge in [0.2, 0.25) is 0 Å². The maximum Gasteiger partial charge on any atom is 0.273 e. The molecule has 0 bridgehead atoms. The van der Waals surface area contributed by atoms with Crippen molar-refractivity contribution in [2.24, 2.45) is 0 Å². The first-order chi connectivity index (χ1) is 9.31.